The molecule has 0 saturated carbocycles. The monoisotopic (exact) mass is 272 g/mol. The molecule has 0 fully saturated rings. The summed E-state index contributed by atoms with van der Waals surface area (Å²) in [6.07, 6.45) is 2.13. The van der Waals surface area contributed by atoms with Gasteiger partial charge in [0.25, 0.3) is 0 Å². The van der Waals surface area contributed by atoms with Crippen molar-refractivity contribution in [3.05, 3.63) is 41.8 Å². The molecule has 1 N–H and O–H groups in total. The Morgan fingerprint density at radius 3 is 3.00 bits per heavy atom. The molecule has 1 aromatic carbocycles. The smallest absolute Gasteiger partial charge is 0.224 e. The van der Waals surface area contributed by atoms with Gasteiger partial charge < -0.3 is 10.2 Å². The molecule has 104 valence electrons. The van der Waals surface area contributed by atoms with E-state index in [1.807, 2.05) is 30.0 Å². The van der Waals surface area contributed by atoms with Gasteiger partial charge in [-0.3, -0.25) is 0 Å². The van der Waals surface area contributed by atoms with E-state index in [9.17, 15) is 4.39 Å². The quantitative estimate of drug-likeness (QED) is 0.932. The van der Waals surface area contributed by atoms with Gasteiger partial charge in [-0.2, -0.15) is 4.98 Å². The lowest BCUT2D eigenvalue weighted by Gasteiger charge is -2.24. The molecular weight excluding hydrogens is 255 g/mol. The summed E-state index contributed by atoms with van der Waals surface area (Å²) in [6.45, 7) is 4.74. The lowest BCUT2D eigenvalue weighted by atomic mass is 10.1. The summed E-state index contributed by atoms with van der Waals surface area (Å²) in [5.74, 6) is 0.407. The van der Waals surface area contributed by atoms with Crippen LogP contribution in [-0.2, 0) is 6.42 Å². The predicted molar refractivity (Wildman–Crippen MR) is 77.9 cm³/mol. The molecule has 1 atom stereocenters. The van der Waals surface area contributed by atoms with E-state index in [4.69, 9.17) is 0 Å². The van der Waals surface area contributed by atoms with Crippen molar-refractivity contribution in [3.63, 3.8) is 0 Å². The SMILES string of the molecule is CCNc1ncc(F)c(N2c3ccccc3CC2C)n1. The molecule has 2 heterocycles. The second kappa shape index (κ2) is 5.07. The van der Waals surface area contributed by atoms with Crippen LogP contribution in [0.3, 0.4) is 0 Å². The van der Waals surface area contributed by atoms with Crippen molar-refractivity contribution in [2.24, 2.45) is 0 Å². The number of nitrogens with zero attached hydrogens (tertiary/aromatic N) is 3. The Hall–Kier alpha value is -2.17. The van der Waals surface area contributed by atoms with Crippen molar-refractivity contribution < 1.29 is 4.39 Å². The highest BCUT2D eigenvalue weighted by atomic mass is 19.1. The Kier molecular flexibility index (Phi) is 3.26. The maximum atomic E-state index is 14.1. The van der Waals surface area contributed by atoms with Crippen LogP contribution in [0.4, 0.5) is 21.8 Å². The van der Waals surface area contributed by atoms with Gasteiger partial charge in [-0.05, 0) is 31.9 Å². The molecule has 0 spiro atoms. The number of rotatable bonds is 3. The largest absolute Gasteiger partial charge is 0.354 e. The molecule has 0 amide bonds. The van der Waals surface area contributed by atoms with Gasteiger partial charge >= 0.3 is 0 Å². The molecule has 1 aliphatic heterocycles. The molecule has 0 saturated heterocycles. The Balaban J connectivity index is 2.06. The highest BCUT2D eigenvalue weighted by Crippen LogP contribution is 2.38. The third-order valence-corrected chi connectivity index (χ3v) is 3.50. The normalized spacial score (nSPS) is 17.1. The third-order valence-electron chi connectivity index (χ3n) is 3.50. The van der Waals surface area contributed by atoms with Crippen LogP contribution in [0.25, 0.3) is 0 Å². The number of anilines is 3. The maximum Gasteiger partial charge on any atom is 0.224 e. The molecule has 3 rings (SSSR count). The summed E-state index contributed by atoms with van der Waals surface area (Å²) in [7, 11) is 0. The summed E-state index contributed by atoms with van der Waals surface area (Å²) in [5.41, 5.74) is 2.25. The number of hydrogen-bond acceptors (Lipinski definition) is 4. The van der Waals surface area contributed by atoms with Gasteiger partial charge in [-0.15, -0.1) is 0 Å². The van der Waals surface area contributed by atoms with Crippen molar-refractivity contribution in [3.8, 4) is 0 Å². The van der Waals surface area contributed by atoms with Gasteiger partial charge in [0.1, 0.15) is 0 Å². The van der Waals surface area contributed by atoms with Crippen LogP contribution >= 0.6 is 0 Å². The first-order chi connectivity index (χ1) is 9.70. The summed E-state index contributed by atoms with van der Waals surface area (Å²) in [6, 6.07) is 8.25. The predicted octanol–water partition coefficient (Wildman–Crippen LogP) is 3.13. The summed E-state index contributed by atoms with van der Waals surface area (Å²) in [4.78, 5) is 10.2. The van der Waals surface area contributed by atoms with E-state index in [1.165, 1.54) is 11.8 Å². The number of benzene rings is 1. The number of aromatic nitrogens is 2. The Bertz CT molecular complexity index is 629. The second-order valence-corrected chi connectivity index (χ2v) is 4.95. The van der Waals surface area contributed by atoms with Crippen LogP contribution in [-0.4, -0.2) is 22.6 Å². The first-order valence-corrected chi connectivity index (χ1v) is 6.84. The molecule has 20 heavy (non-hydrogen) atoms. The Morgan fingerprint density at radius 2 is 2.20 bits per heavy atom. The second-order valence-electron chi connectivity index (χ2n) is 4.95. The molecule has 0 aliphatic carbocycles. The zero-order valence-corrected chi connectivity index (χ0v) is 11.6. The average molecular weight is 272 g/mol. The van der Waals surface area contributed by atoms with Crippen molar-refractivity contribution in [1.82, 2.24) is 9.97 Å². The van der Waals surface area contributed by atoms with E-state index in [2.05, 4.69) is 28.3 Å². The molecule has 1 aromatic heterocycles. The minimum absolute atomic E-state index is 0.186. The van der Waals surface area contributed by atoms with Crippen molar-refractivity contribution >= 4 is 17.5 Å². The lowest BCUT2D eigenvalue weighted by Crippen LogP contribution is -2.26. The number of fused-ring (bicyclic) bond motifs is 1. The fourth-order valence-corrected chi connectivity index (χ4v) is 2.66. The molecule has 1 unspecified atom stereocenters. The zero-order valence-electron chi connectivity index (χ0n) is 11.6. The number of nitrogens with one attached hydrogen (secondary N) is 1. The molecule has 4 nitrogen and oxygen atoms in total. The van der Waals surface area contributed by atoms with Crippen LogP contribution in [0, 0.1) is 5.82 Å². The fraction of sp³-hybridized carbons (Fsp3) is 0.333. The standard InChI is InChI=1S/C15H17FN4/c1-3-17-15-18-9-12(16)14(19-15)20-10(2)8-11-6-4-5-7-13(11)20/h4-7,9-10H,3,8H2,1-2H3,(H,17,18,19). The Morgan fingerprint density at radius 1 is 1.40 bits per heavy atom. The number of hydrogen-bond donors (Lipinski definition) is 1. The van der Waals surface area contributed by atoms with Gasteiger partial charge in [-0.25, -0.2) is 9.37 Å². The number of halogens is 1. The van der Waals surface area contributed by atoms with E-state index in [0.29, 0.717) is 18.3 Å². The Labute approximate surface area is 117 Å². The van der Waals surface area contributed by atoms with Crippen LogP contribution < -0.4 is 10.2 Å². The van der Waals surface area contributed by atoms with E-state index in [0.717, 1.165) is 12.1 Å². The summed E-state index contributed by atoms with van der Waals surface area (Å²) < 4.78 is 14.1. The molecule has 0 radical (unpaired) electrons. The van der Waals surface area contributed by atoms with Crippen LogP contribution in [0.5, 0.6) is 0 Å². The van der Waals surface area contributed by atoms with Gasteiger partial charge in [0.2, 0.25) is 5.95 Å². The van der Waals surface area contributed by atoms with Gasteiger partial charge in [0.05, 0.1) is 6.20 Å². The molecule has 1 aliphatic rings. The van der Waals surface area contributed by atoms with E-state index in [1.54, 1.807) is 0 Å². The van der Waals surface area contributed by atoms with Crippen molar-refractivity contribution in [2.75, 3.05) is 16.8 Å². The minimum atomic E-state index is -0.393. The minimum Gasteiger partial charge on any atom is -0.354 e. The van der Waals surface area contributed by atoms with Gasteiger partial charge in [0.15, 0.2) is 11.6 Å². The first kappa shape index (κ1) is 12.8. The van der Waals surface area contributed by atoms with Crippen LogP contribution in [0.2, 0.25) is 0 Å². The van der Waals surface area contributed by atoms with Gasteiger partial charge in [0, 0.05) is 18.3 Å². The molecule has 0 bridgehead atoms. The highest BCUT2D eigenvalue weighted by Gasteiger charge is 2.30. The summed E-state index contributed by atoms with van der Waals surface area (Å²) in [5, 5.41) is 3.02. The zero-order chi connectivity index (χ0) is 14.1. The fourth-order valence-electron chi connectivity index (χ4n) is 2.66. The lowest BCUT2D eigenvalue weighted by molar-refractivity contribution is 0.603. The van der Waals surface area contributed by atoms with E-state index < -0.39 is 5.82 Å². The van der Waals surface area contributed by atoms with Gasteiger partial charge in [-0.1, -0.05) is 18.2 Å². The average Bonchev–Trinajstić information content (AvgIpc) is 2.77. The maximum absolute atomic E-state index is 14.1. The number of para-hydroxylation sites is 1. The molecule has 5 heteroatoms. The van der Waals surface area contributed by atoms with E-state index in [-0.39, 0.29) is 6.04 Å². The topological polar surface area (TPSA) is 41.1 Å². The van der Waals surface area contributed by atoms with Crippen molar-refractivity contribution in [2.45, 2.75) is 26.3 Å². The van der Waals surface area contributed by atoms with Crippen LogP contribution in [0.15, 0.2) is 30.5 Å². The van der Waals surface area contributed by atoms with Crippen molar-refractivity contribution in [1.29, 1.82) is 0 Å². The molecular formula is C15H17FN4. The molecule has 2 aromatic rings. The van der Waals surface area contributed by atoms with Crippen LogP contribution in [0.1, 0.15) is 19.4 Å². The summed E-state index contributed by atoms with van der Waals surface area (Å²) >= 11 is 0. The van der Waals surface area contributed by atoms with E-state index >= 15 is 0 Å². The first-order valence-electron chi connectivity index (χ1n) is 6.84. The highest BCUT2D eigenvalue weighted by molar-refractivity contribution is 5.69. The third kappa shape index (κ3) is 2.09.